The average Bonchev–Trinajstić information content (AvgIpc) is 3.21. The Balaban J connectivity index is 1.40. The summed E-state index contributed by atoms with van der Waals surface area (Å²) < 4.78 is 19.5. The second kappa shape index (κ2) is 9.58. The van der Waals surface area contributed by atoms with Crippen LogP contribution < -0.4 is 10.1 Å². The number of rotatable bonds is 7. The molecule has 0 spiro atoms. The molecule has 5 rings (SSSR count). The van der Waals surface area contributed by atoms with Gasteiger partial charge in [-0.15, -0.1) is 0 Å². The Labute approximate surface area is 203 Å². The van der Waals surface area contributed by atoms with Crippen LogP contribution in [-0.2, 0) is 11.2 Å². The molecule has 0 saturated carbocycles. The van der Waals surface area contributed by atoms with Crippen LogP contribution in [0.4, 0.5) is 10.1 Å². The number of carbonyl (C=O) groups is 1. The number of fused-ring (bicyclic) bond motifs is 2. The first-order valence-electron chi connectivity index (χ1n) is 11.6. The lowest BCUT2D eigenvalue weighted by Gasteiger charge is -2.11. The minimum atomic E-state index is -0.292. The molecule has 0 radical (unpaired) electrons. The predicted molar refractivity (Wildman–Crippen MR) is 138 cm³/mol. The monoisotopic (exact) mass is 467 g/mol. The van der Waals surface area contributed by atoms with E-state index in [2.05, 4.69) is 10.3 Å². The molecule has 0 bridgehead atoms. The Hall–Kier alpha value is -4.19. The van der Waals surface area contributed by atoms with Gasteiger partial charge in [-0.1, -0.05) is 30.3 Å². The van der Waals surface area contributed by atoms with Crippen molar-refractivity contribution in [3.63, 3.8) is 0 Å². The number of amides is 1. The third-order valence-electron chi connectivity index (χ3n) is 6.18. The van der Waals surface area contributed by atoms with Crippen molar-refractivity contribution in [3.05, 3.63) is 89.7 Å². The number of para-hydroxylation sites is 1. The number of ether oxygens (including phenoxy) is 1. The second-order valence-electron chi connectivity index (χ2n) is 8.66. The summed E-state index contributed by atoms with van der Waals surface area (Å²) in [4.78, 5) is 21.0. The van der Waals surface area contributed by atoms with Gasteiger partial charge in [-0.25, -0.2) is 9.37 Å². The van der Waals surface area contributed by atoms with Crippen LogP contribution in [0.25, 0.3) is 33.2 Å². The molecule has 0 aliphatic heterocycles. The highest BCUT2D eigenvalue weighted by Gasteiger charge is 2.16. The lowest BCUT2D eigenvalue weighted by Crippen LogP contribution is -2.12. The van der Waals surface area contributed by atoms with E-state index in [-0.39, 0.29) is 11.7 Å². The molecule has 0 saturated heterocycles. The van der Waals surface area contributed by atoms with Crippen LogP contribution in [0.1, 0.15) is 24.0 Å². The molecule has 176 valence electrons. The third kappa shape index (κ3) is 4.73. The number of aryl methyl sites for hydroxylation is 2. The quantitative estimate of drug-likeness (QED) is 0.277. The van der Waals surface area contributed by atoms with E-state index in [1.165, 1.54) is 6.07 Å². The normalized spacial score (nSPS) is 11.2. The number of aromatic amines is 1. The summed E-state index contributed by atoms with van der Waals surface area (Å²) in [6, 6.07) is 22.4. The molecule has 2 aromatic heterocycles. The van der Waals surface area contributed by atoms with Gasteiger partial charge in [0.15, 0.2) is 0 Å². The molecule has 5 nitrogen and oxygen atoms in total. The predicted octanol–water partition coefficient (Wildman–Crippen LogP) is 6.80. The summed E-state index contributed by atoms with van der Waals surface area (Å²) >= 11 is 0. The van der Waals surface area contributed by atoms with E-state index in [0.29, 0.717) is 30.7 Å². The van der Waals surface area contributed by atoms with Gasteiger partial charge in [-0.05, 0) is 73.4 Å². The van der Waals surface area contributed by atoms with Crippen molar-refractivity contribution in [1.82, 2.24) is 9.97 Å². The van der Waals surface area contributed by atoms with Gasteiger partial charge in [-0.2, -0.15) is 0 Å². The van der Waals surface area contributed by atoms with Crippen LogP contribution in [0.5, 0.6) is 5.75 Å². The van der Waals surface area contributed by atoms with E-state index in [1.54, 1.807) is 19.2 Å². The highest BCUT2D eigenvalue weighted by atomic mass is 19.1. The fourth-order valence-electron chi connectivity index (χ4n) is 4.46. The number of hydrogen-bond acceptors (Lipinski definition) is 3. The molecule has 0 fully saturated rings. The van der Waals surface area contributed by atoms with E-state index in [9.17, 15) is 9.18 Å². The number of H-pyrrole nitrogens is 1. The van der Waals surface area contributed by atoms with Gasteiger partial charge in [0.2, 0.25) is 5.91 Å². The molecule has 3 aromatic carbocycles. The highest BCUT2D eigenvalue weighted by molar-refractivity contribution is 5.93. The lowest BCUT2D eigenvalue weighted by atomic mass is 10.0. The molecule has 0 unspecified atom stereocenters. The number of carbonyl (C=O) groups excluding carboxylic acids is 1. The topological polar surface area (TPSA) is 67.0 Å². The number of aromatic nitrogens is 2. The van der Waals surface area contributed by atoms with Crippen molar-refractivity contribution in [2.75, 3.05) is 12.4 Å². The number of anilines is 1. The highest BCUT2D eigenvalue weighted by Crippen LogP contribution is 2.32. The van der Waals surface area contributed by atoms with Crippen molar-refractivity contribution < 1.29 is 13.9 Å². The summed E-state index contributed by atoms with van der Waals surface area (Å²) in [5.74, 6) is 0.242. The van der Waals surface area contributed by atoms with E-state index in [0.717, 1.165) is 44.3 Å². The molecule has 1 amide bonds. The summed E-state index contributed by atoms with van der Waals surface area (Å²) in [6.07, 6.45) is 1.53. The zero-order valence-corrected chi connectivity index (χ0v) is 19.7. The van der Waals surface area contributed by atoms with Gasteiger partial charge in [-0.3, -0.25) is 4.79 Å². The molecule has 6 heteroatoms. The van der Waals surface area contributed by atoms with Crippen molar-refractivity contribution >= 4 is 33.4 Å². The molecule has 0 atom stereocenters. The number of methoxy groups -OCH3 is 1. The van der Waals surface area contributed by atoms with E-state index in [1.807, 2.05) is 61.5 Å². The molecule has 2 N–H and O–H groups in total. The maximum atomic E-state index is 14.1. The second-order valence-corrected chi connectivity index (χ2v) is 8.66. The first-order valence-corrected chi connectivity index (χ1v) is 11.6. The van der Waals surface area contributed by atoms with Gasteiger partial charge in [0.1, 0.15) is 11.6 Å². The Morgan fingerprint density at radius 3 is 2.77 bits per heavy atom. The van der Waals surface area contributed by atoms with Gasteiger partial charge in [0.05, 0.1) is 29.7 Å². The van der Waals surface area contributed by atoms with Crippen molar-refractivity contribution in [2.24, 2.45) is 0 Å². The van der Waals surface area contributed by atoms with E-state index < -0.39 is 0 Å². The van der Waals surface area contributed by atoms with Crippen LogP contribution in [0.3, 0.4) is 0 Å². The maximum Gasteiger partial charge on any atom is 0.224 e. The summed E-state index contributed by atoms with van der Waals surface area (Å²) in [5.41, 5.74) is 6.05. The first-order chi connectivity index (χ1) is 17.0. The van der Waals surface area contributed by atoms with Crippen LogP contribution in [0.15, 0.2) is 72.8 Å². The van der Waals surface area contributed by atoms with Crippen molar-refractivity contribution in [2.45, 2.75) is 26.2 Å². The van der Waals surface area contributed by atoms with Crippen LogP contribution in [-0.4, -0.2) is 23.0 Å². The standard InChI is InChI=1S/C29H26FN3O2/c1-18-10-15-27(35-2)26(16-18)32-28(34)9-5-7-21-22-17-20(30)12-14-24(22)33-29(21)25-13-11-19-6-3-4-8-23(19)31-25/h3-4,6,8,10-17,33H,5,7,9H2,1-2H3,(H,32,34). The van der Waals surface area contributed by atoms with Gasteiger partial charge < -0.3 is 15.0 Å². The van der Waals surface area contributed by atoms with Gasteiger partial charge in [0, 0.05) is 22.7 Å². The van der Waals surface area contributed by atoms with Crippen molar-refractivity contribution in [3.8, 4) is 17.1 Å². The zero-order chi connectivity index (χ0) is 24.4. The molecular formula is C29H26FN3O2. The fraction of sp³-hybridized carbons (Fsp3) is 0.172. The fourth-order valence-corrected chi connectivity index (χ4v) is 4.46. The Morgan fingerprint density at radius 1 is 1.06 bits per heavy atom. The van der Waals surface area contributed by atoms with Crippen LogP contribution in [0, 0.1) is 12.7 Å². The number of nitrogens with one attached hydrogen (secondary N) is 2. The maximum absolute atomic E-state index is 14.1. The third-order valence-corrected chi connectivity index (χ3v) is 6.18. The Morgan fingerprint density at radius 2 is 1.91 bits per heavy atom. The minimum Gasteiger partial charge on any atom is -0.495 e. The number of nitrogens with zero attached hydrogens (tertiary/aromatic N) is 1. The summed E-state index contributed by atoms with van der Waals surface area (Å²) in [7, 11) is 1.58. The zero-order valence-electron chi connectivity index (χ0n) is 19.7. The molecule has 35 heavy (non-hydrogen) atoms. The number of benzene rings is 3. The Bertz CT molecular complexity index is 1540. The lowest BCUT2D eigenvalue weighted by molar-refractivity contribution is -0.116. The molecular weight excluding hydrogens is 441 g/mol. The number of pyridine rings is 1. The van der Waals surface area contributed by atoms with Crippen molar-refractivity contribution in [1.29, 1.82) is 0 Å². The first kappa shape index (κ1) is 22.6. The summed E-state index contributed by atoms with van der Waals surface area (Å²) in [5, 5.41) is 4.82. The number of halogens is 1. The average molecular weight is 468 g/mol. The molecule has 0 aliphatic carbocycles. The summed E-state index contributed by atoms with van der Waals surface area (Å²) in [6.45, 7) is 1.97. The SMILES string of the molecule is COc1ccc(C)cc1NC(=O)CCCc1c(-c2ccc3ccccc3n2)[nH]c2ccc(F)cc12. The van der Waals surface area contributed by atoms with Gasteiger partial charge in [0.25, 0.3) is 0 Å². The molecule has 5 aromatic rings. The van der Waals surface area contributed by atoms with E-state index in [4.69, 9.17) is 9.72 Å². The largest absolute Gasteiger partial charge is 0.495 e. The number of hydrogen-bond donors (Lipinski definition) is 2. The molecule has 0 aliphatic rings. The van der Waals surface area contributed by atoms with Gasteiger partial charge >= 0.3 is 0 Å². The van der Waals surface area contributed by atoms with E-state index >= 15 is 0 Å². The smallest absolute Gasteiger partial charge is 0.224 e. The Kier molecular flexibility index (Phi) is 6.19. The molecule has 2 heterocycles. The van der Waals surface area contributed by atoms with Crippen LogP contribution >= 0.6 is 0 Å². The van der Waals surface area contributed by atoms with Crippen LogP contribution in [0.2, 0.25) is 0 Å². The minimum absolute atomic E-state index is 0.0923.